The molecule has 1 unspecified atom stereocenters. The molecule has 3 saturated heterocycles. The number of hydrogen-bond acceptors (Lipinski definition) is 13. The Labute approximate surface area is 421 Å². The van der Waals surface area contributed by atoms with Gasteiger partial charge in [0.1, 0.15) is 46.5 Å². The number of benzene rings is 2. The molecule has 4 aliphatic heterocycles. The van der Waals surface area contributed by atoms with Gasteiger partial charge in [-0.15, -0.1) is 0 Å². The van der Waals surface area contributed by atoms with E-state index in [4.69, 9.17) is 35.3 Å². The van der Waals surface area contributed by atoms with Crippen LogP contribution < -0.4 is 15.0 Å². The van der Waals surface area contributed by atoms with Gasteiger partial charge in [0, 0.05) is 70.8 Å². The molecule has 382 valence electrons. The maximum Gasteiger partial charge on any atom is 0.409 e. The number of nitrogens with one attached hydrogen (secondary N) is 1. The van der Waals surface area contributed by atoms with Crippen LogP contribution in [0.25, 0.3) is 0 Å². The van der Waals surface area contributed by atoms with Crippen molar-refractivity contribution in [1.29, 1.82) is 0 Å². The second-order valence-corrected chi connectivity index (χ2v) is 19.4. The fourth-order valence-corrected chi connectivity index (χ4v) is 9.63. The Morgan fingerprint density at radius 1 is 1.03 bits per heavy atom. The maximum atomic E-state index is 14.4. The van der Waals surface area contributed by atoms with Crippen molar-refractivity contribution in [2.24, 2.45) is 11.8 Å². The molecule has 9 atom stereocenters. The summed E-state index contributed by atoms with van der Waals surface area (Å²) in [4.78, 5) is 96.1. The summed E-state index contributed by atoms with van der Waals surface area (Å²) in [5, 5.41) is 14.5. The molecular formula is C51H67ClN4O13S. The number of Topliss-reactive ketones (excluding diaryl/α,β-unsaturated/α-hetero) is 1. The molecule has 0 aromatic heterocycles. The van der Waals surface area contributed by atoms with Crippen LogP contribution in [0.4, 0.5) is 10.5 Å². The Kier molecular flexibility index (Phi) is 18.5. The Hall–Kier alpha value is -5.27. The topological polar surface area (TPSA) is 211 Å². The van der Waals surface area contributed by atoms with Crippen LogP contribution in [0.2, 0.25) is 5.02 Å². The molecule has 0 radical (unpaired) electrons. The number of amides is 5. The van der Waals surface area contributed by atoms with Crippen LogP contribution in [0.5, 0.6) is 5.75 Å². The standard InChI is InChI=1S/C51H65ClN4O13.H2S/c1-29-14-13-16-40(66-9)51(64)28-39(67-49(63)53-51)31(3)45-50(5,69-45)41(27-42(58)55(7)37-25-34(22-29)26-38(65-8)44(37)52)68-48(62)32(4)54(6)47(61)35-19-17-33(18-20-35)24-36(57)15-11-10-12-21-56-43(59)23-30(2)46(56)60;/h13-14,16-20,25-26,30-32,39-41,45,64H,10-12,15,21-24,27-28H2,1-9H3,(H,53,63);1H2/b16-13+,29-14+;/t30?,31-,32+,39+,40-,41+,45+,50+,51+;/m1./s1. The summed E-state index contributed by atoms with van der Waals surface area (Å²) in [5.74, 6) is -2.58. The first kappa shape index (κ1) is 55.7. The lowest BCUT2D eigenvalue weighted by atomic mass is 9.83. The number of unbranched alkanes of at least 4 members (excludes halogenated alkanes) is 2. The lowest BCUT2D eigenvalue weighted by Gasteiger charge is -2.42. The lowest BCUT2D eigenvalue weighted by Crippen LogP contribution is -2.63. The number of rotatable bonds is 14. The van der Waals surface area contributed by atoms with E-state index in [1.54, 1.807) is 76.4 Å². The zero-order valence-corrected chi connectivity index (χ0v) is 43.1. The fraction of sp³-hybridized carbons (Fsp3) is 0.549. The van der Waals surface area contributed by atoms with Crippen LogP contribution in [0.15, 0.2) is 60.2 Å². The van der Waals surface area contributed by atoms with Crippen molar-refractivity contribution in [2.75, 3.05) is 39.8 Å². The predicted molar refractivity (Wildman–Crippen MR) is 265 cm³/mol. The number of esters is 1. The van der Waals surface area contributed by atoms with Crippen molar-refractivity contribution in [2.45, 2.75) is 134 Å². The molecule has 19 heteroatoms. The zero-order chi connectivity index (χ0) is 50.5. The minimum atomic E-state index is -1.87. The summed E-state index contributed by atoms with van der Waals surface area (Å²) in [6, 6.07) is 8.96. The Morgan fingerprint density at radius 3 is 2.37 bits per heavy atom. The largest absolute Gasteiger partial charge is 0.495 e. The number of hydrogen-bond donors (Lipinski definition) is 2. The van der Waals surface area contributed by atoms with Crippen LogP contribution in [-0.2, 0) is 55.8 Å². The first-order valence-corrected chi connectivity index (χ1v) is 23.8. The normalized spacial score (nSPS) is 28.5. The number of alkyl carbamates (subject to hydrolysis) is 1. The van der Waals surface area contributed by atoms with Crippen LogP contribution in [0.3, 0.4) is 0 Å². The highest BCUT2D eigenvalue weighted by Crippen LogP contribution is 2.49. The molecule has 5 amide bonds. The van der Waals surface area contributed by atoms with Gasteiger partial charge in [-0.1, -0.05) is 67.8 Å². The van der Waals surface area contributed by atoms with E-state index < -0.39 is 71.6 Å². The van der Waals surface area contributed by atoms with Gasteiger partial charge >= 0.3 is 12.1 Å². The highest BCUT2D eigenvalue weighted by atomic mass is 35.5. The van der Waals surface area contributed by atoms with Gasteiger partial charge in [-0.2, -0.15) is 13.5 Å². The first-order chi connectivity index (χ1) is 32.6. The van der Waals surface area contributed by atoms with E-state index in [2.05, 4.69) is 5.32 Å². The molecule has 17 nitrogen and oxygen atoms in total. The minimum Gasteiger partial charge on any atom is -0.495 e. The number of imide groups is 1. The number of carbonyl (C=O) groups excluding carboxylic acids is 7. The third-order valence-electron chi connectivity index (χ3n) is 13.9. The summed E-state index contributed by atoms with van der Waals surface area (Å²) in [5.41, 5.74) is -0.148. The summed E-state index contributed by atoms with van der Waals surface area (Å²) in [6.45, 7) is 8.99. The van der Waals surface area contributed by atoms with E-state index in [-0.39, 0.29) is 73.3 Å². The Bertz CT molecular complexity index is 2380. The molecule has 0 aliphatic carbocycles. The number of fused-ring (bicyclic) bond motifs is 5. The number of likely N-dealkylation sites (tertiary alicyclic amines) is 1. The fourth-order valence-electron chi connectivity index (χ4n) is 9.32. The number of allylic oxidation sites excluding steroid dienone is 3. The van der Waals surface area contributed by atoms with E-state index in [1.165, 1.54) is 42.9 Å². The number of methoxy groups -OCH3 is 2. The maximum absolute atomic E-state index is 14.4. The number of anilines is 1. The van der Waals surface area contributed by atoms with Crippen LogP contribution in [0.1, 0.15) is 101 Å². The molecule has 0 saturated carbocycles. The van der Waals surface area contributed by atoms with Gasteiger partial charge < -0.3 is 38.6 Å². The predicted octanol–water partition coefficient (Wildman–Crippen LogP) is 6.01. The van der Waals surface area contributed by atoms with E-state index >= 15 is 0 Å². The third-order valence-corrected chi connectivity index (χ3v) is 14.2. The lowest BCUT2D eigenvalue weighted by molar-refractivity contribution is -0.158. The number of halogens is 1. The Morgan fingerprint density at radius 2 is 1.73 bits per heavy atom. The smallest absolute Gasteiger partial charge is 0.409 e. The molecule has 4 heterocycles. The molecule has 4 bridgehead atoms. The zero-order valence-electron chi connectivity index (χ0n) is 41.4. The Balaban J connectivity index is 0.00000913. The average Bonchev–Trinajstić information content (AvgIpc) is 3.94. The minimum absolute atomic E-state index is 0. The number of nitrogens with zero attached hydrogens (tertiary/aromatic N) is 3. The summed E-state index contributed by atoms with van der Waals surface area (Å²) < 4.78 is 29.5. The number of epoxide rings is 1. The second kappa shape index (κ2) is 23.3. The third kappa shape index (κ3) is 12.6. The number of likely N-dealkylation sites (N-methyl/N-ethyl adjacent to an activating group) is 1. The van der Waals surface area contributed by atoms with Gasteiger partial charge in [-0.25, -0.2) is 9.59 Å². The van der Waals surface area contributed by atoms with Gasteiger partial charge in [0.25, 0.3) is 5.91 Å². The molecule has 70 heavy (non-hydrogen) atoms. The van der Waals surface area contributed by atoms with Gasteiger partial charge in [0.2, 0.25) is 17.7 Å². The van der Waals surface area contributed by atoms with Gasteiger partial charge in [-0.3, -0.25) is 34.2 Å². The number of aliphatic hydroxyl groups is 1. The number of ether oxygens (including phenoxy) is 5. The van der Waals surface area contributed by atoms with E-state index in [0.717, 1.165) is 11.1 Å². The molecule has 4 aliphatic rings. The van der Waals surface area contributed by atoms with E-state index in [1.807, 2.05) is 13.0 Å². The second-order valence-electron chi connectivity index (χ2n) is 19.0. The van der Waals surface area contributed by atoms with Gasteiger partial charge in [0.05, 0.1) is 25.3 Å². The van der Waals surface area contributed by atoms with Crippen molar-refractivity contribution in [1.82, 2.24) is 15.1 Å². The van der Waals surface area contributed by atoms with Crippen molar-refractivity contribution in [3.05, 3.63) is 81.9 Å². The van der Waals surface area contributed by atoms with Crippen molar-refractivity contribution in [3.8, 4) is 5.75 Å². The van der Waals surface area contributed by atoms with Crippen LogP contribution in [0, 0.1) is 11.8 Å². The summed E-state index contributed by atoms with van der Waals surface area (Å²) >= 11 is 6.81. The monoisotopic (exact) mass is 1010 g/mol. The summed E-state index contributed by atoms with van der Waals surface area (Å²) in [6.07, 6.45) is 3.18. The summed E-state index contributed by atoms with van der Waals surface area (Å²) in [7, 11) is 5.91. The molecule has 2 aromatic carbocycles. The molecule has 3 fully saturated rings. The van der Waals surface area contributed by atoms with Crippen molar-refractivity contribution < 1.29 is 62.4 Å². The quantitative estimate of drug-likeness (QED) is 0.0963. The van der Waals surface area contributed by atoms with Gasteiger partial charge in [0.15, 0.2) is 5.72 Å². The van der Waals surface area contributed by atoms with Crippen molar-refractivity contribution in [3.63, 3.8) is 0 Å². The first-order valence-electron chi connectivity index (χ1n) is 23.4. The SMILES string of the molecule is COc1cc2cc(c1Cl)N(C)C(=O)C[C@H](OC(=O)[C@H](C)N(C)C(=O)c1ccc(CC(=O)CCCCCN3C(=O)CC(C)C3=O)cc1)[C@]1(C)O[C@H]1[C@H](C)[C@@H]1C[C@@](O)(NC(=O)O1)[C@H](OC)/C=C/C=C(\C)C2.S. The average molecular weight is 1010 g/mol. The van der Waals surface area contributed by atoms with Crippen LogP contribution >= 0.6 is 25.1 Å². The van der Waals surface area contributed by atoms with Crippen molar-refractivity contribution >= 4 is 72.3 Å². The van der Waals surface area contributed by atoms with Gasteiger partial charge in [-0.05, 0) is 75.4 Å². The van der Waals surface area contributed by atoms with E-state index in [9.17, 15) is 38.7 Å². The number of carbonyl (C=O) groups is 7. The van der Waals surface area contributed by atoms with Crippen LogP contribution in [-0.4, -0.2) is 133 Å². The highest BCUT2D eigenvalue weighted by molar-refractivity contribution is 7.59. The molecule has 6 rings (SSSR count). The van der Waals surface area contributed by atoms with E-state index in [0.29, 0.717) is 55.6 Å². The number of ketones is 1. The molecule has 2 aromatic rings. The molecule has 0 spiro atoms. The highest BCUT2D eigenvalue weighted by Gasteiger charge is 2.64. The molecule has 2 N–H and O–H groups in total. The molecular weight excluding hydrogens is 944 g/mol.